The molecule has 1 aliphatic rings. The molecular weight excluding hydrogens is 736 g/mol. The second-order valence-electron chi connectivity index (χ2n) is 16.3. The summed E-state index contributed by atoms with van der Waals surface area (Å²) in [5, 5.41) is 13.3. The van der Waals surface area contributed by atoms with Gasteiger partial charge in [0.1, 0.15) is 24.7 Å². The predicted octanol–water partition coefficient (Wildman–Crippen LogP) is 3.02. The van der Waals surface area contributed by atoms with E-state index >= 15 is 0 Å². The number of anilines is 1. The Labute approximate surface area is 336 Å². The third kappa shape index (κ3) is 15.3. The number of nitrogens with two attached hydrogens (primary N) is 1. The molecule has 1 aliphatic heterocycles. The summed E-state index contributed by atoms with van der Waals surface area (Å²) in [7, 11) is 2.99. The van der Waals surface area contributed by atoms with E-state index in [1.54, 1.807) is 38.1 Å². The lowest BCUT2D eigenvalue weighted by Crippen LogP contribution is -2.54. The zero-order valence-electron chi connectivity index (χ0n) is 35.0. The van der Waals surface area contributed by atoms with Crippen molar-refractivity contribution in [3.05, 3.63) is 29.8 Å². The molecule has 17 heteroatoms. The Bertz CT molecular complexity index is 1580. The number of unbranched alkanes of at least 4 members (excludes halogenated alkanes) is 2. The number of carbonyl (C=O) groups excluding carboxylic acids is 8. The lowest BCUT2D eigenvalue weighted by molar-refractivity contribution is -0.140. The van der Waals surface area contributed by atoms with Crippen molar-refractivity contribution in [1.82, 2.24) is 31.1 Å². The summed E-state index contributed by atoms with van der Waals surface area (Å²) < 4.78 is 5.41. The van der Waals surface area contributed by atoms with Gasteiger partial charge in [0.25, 0.3) is 0 Å². The van der Waals surface area contributed by atoms with E-state index in [4.69, 9.17) is 10.5 Å². The number of amides is 9. The molecular formula is C40H64N8O9. The maximum absolute atomic E-state index is 13.5. The molecule has 7 N–H and O–H groups in total. The van der Waals surface area contributed by atoms with Crippen LogP contribution in [0.15, 0.2) is 24.3 Å². The molecule has 3 unspecified atom stereocenters. The number of urea groups is 1. The molecule has 0 saturated carbocycles. The monoisotopic (exact) mass is 800 g/mol. The van der Waals surface area contributed by atoms with Crippen molar-refractivity contribution in [1.29, 1.82) is 0 Å². The number of benzene rings is 1. The number of rotatable bonds is 21. The van der Waals surface area contributed by atoms with Crippen LogP contribution < -0.4 is 32.3 Å². The summed E-state index contributed by atoms with van der Waals surface area (Å²) in [5.74, 6) is -2.86. The van der Waals surface area contributed by atoms with Gasteiger partial charge in [-0.2, -0.15) is 0 Å². The number of likely N-dealkylation sites (tertiary alicyclic amines) is 1. The van der Waals surface area contributed by atoms with Crippen LogP contribution in [0.3, 0.4) is 0 Å². The van der Waals surface area contributed by atoms with E-state index in [1.165, 1.54) is 23.9 Å². The van der Waals surface area contributed by atoms with Gasteiger partial charge in [-0.05, 0) is 60.6 Å². The molecule has 0 aliphatic carbocycles. The summed E-state index contributed by atoms with van der Waals surface area (Å²) >= 11 is 0. The van der Waals surface area contributed by atoms with Crippen LogP contribution in [-0.2, 0) is 40.1 Å². The fraction of sp³-hybridized carbons (Fsp3) is 0.650. The number of carbonyl (C=O) groups is 8. The molecule has 318 valence electrons. The van der Waals surface area contributed by atoms with Crippen LogP contribution in [0.25, 0.3) is 0 Å². The number of hydrogen-bond acceptors (Lipinski definition) is 9. The van der Waals surface area contributed by atoms with Gasteiger partial charge in [0.05, 0.1) is 5.92 Å². The van der Waals surface area contributed by atoms with Gasteiger partial charge in [0.2, 0.25) is 35.4 Å². The quantitative estimate of drug-likeness (QED) is 0.0791. The van der Waals surface area contributed by atoms with E-state index in [9.17, 15) is 38.4 Å². The molecule has 1 saturated heterocycles. The summed E-state index contributed by atoms with van der Waals surface area (Å²) in [5.41, 5.74) is 5.90. The fourth-order valence-corrected chi connectivity index (χ4v) is 6.50. The molecule has 9 amide bonds. The van der Waals surface area contributed by atoms with Crippen molar-refractivity contribution in [3.8, 4) is 0 Å². The standard InChI is InChI=1S/C40H64N8O9/c1-24(2)32(46-30(49)15-11-10-12-21-48-31(50)22-28(37(48)54)40(5,6)7)35(52)45-29(14-13-20-43-38(41)55)34(51)44-27-18-16-26(17-19-27)23-57-39(56)47(9)33(25(3)4)36(53)42-8/h16-19,24-25,28-29,32-33H,10-15,20-23H2,1-9H3,(H,42,53)(H,44,51)(H,45,52)(H,46,49)(H3,41,43,55)/t28?,29-,32?,33?/m0/s1. The van der Waals surface area contributed by atoms with Crippen LogP contribution in [-0.4, -0.2) is 103 Å². The first-order valence-electron chi connectivity index (χ1n) is 19.7. The van der Waals surface area contributed by atoms with Gasteiger partial charge < -0.3 is 37.1 Å². The van der Waals surface area contributed by atoms with E-state index in [2.05, 4.69) is 26.6 Å². The molecule has 57 heavy (non-hydrogen) atoms. The molecule has 1 fully saturated rings. The number of hydrogen-bond donors (Lipinski definition) is 6. The maximum Gasteiger partial charge on any atom is 0.410 e. The summed E-state index contributed by atoms with van der Waals surface area (Å²) in [6.45, 7) is 13.4. The third-order valence-electron chi connectivity index (χ3n) is 9.88. The number of imide groups is 1. The van der Waals surface area contributed by atoms with Gasteiger partial charge >= 0.3 is 12.1 Å². The van der Waals surface area contributed by atoms with E-state index in [0.29, 0.717) is 43.5 Å². The molecule has 0 aromatic heterocycles. The first-order chi connectivity index (χ1) is 26.7. The highest BCUT2D eigenvalue weighted by Crippen LogP contribution is 2.35. The summed E-state index contributed by atoms with van der Waals surface area (Å²) in [6.07, 6.45) is 1.78. The second-order valence-corrected chi connectivity index (χ2v) is 16.3. The minimum absolute atomic E-state index is 0.0809. The fourth-order valence-electron chi connectivity index (χ4n) is 6.50. The topological polar surface area (TPSA) is 238 Å². The van der Waals surface area contributed by atoms with Gasteiger partial charge in [0.15, 0.2) is 0 Å². The van der Waals surface area contributed by atoms with Crippen LogP contribution in [0.4, 0.5) is 15.3 Å². The number of nitrogens with one attached hydrogen (secondary N) is 5. The lowest BCUT2D eigenvalue weighted by atomic mass is 9.80. The Hall–Kier alpha value is -5.22. The van der Waals surface area contributed by atoms with Gasteiger partial charge in [-0.3, -0.25) is 38.6 Å². The lowest BCUT2D eigenvalue weighted by Gasteiger charge is -2.28. The van der Waals surface area contributed by atoms with E-state index in [1.807, 2.05) is 34.6 Å². The van der Waals surface area contributed by atoms with E-state index < -0.39 is 42.1 Å². The molecule has 1 aromatic rings. The van der Waals surface area contributed by atoms with Crippen molar-refractivity contribution in [2.75, 3.05) is 32.5 Å². The van der Waals surface area contributed by atoms with Crippen molar-refractivity contribution in [3.63, 3.8) is 0 Å². The van der Waals surface area contributed by atoms with Gasteiger partial charge in [-0.15, -0.1) is 0 Å². The van der Waals surface area contributed by atoms with Crippen molar-refractivity contribution < 1.29 is 43.1 Å². The average Bonchev–Trinajstić information content (AvgIpc) is 3.43. The first kappa shape index (κ1) is 47.9. The number of likely N-dealkylation sites (N-methyl/N-ethyl adjacent to an activating group) is 2. The Morgan fingerprint density at radius 2 is 1.54 bits per heavy atom. The highest BCUT2D eigenvalue weighted by atomic mass is 16.6. The van der Waals surface area contributed by atoms with Crippen LogP contribution >= 0.6 is 0 Å². The Morgan fingerprint density at radius 1 is 0.895 bits per heavy atom. The molecule has 1 heterocycles. The first-order valence-corrected chi connectivity index (χ1v) is 19.7. The predicted molar refractivity (Wildman–Crippen MR) is 214 cm³/mol. The molecule has 4 atom stereocenters. The van der Waals surface area contributed by atoms with Crippen molar-refractivity contribution >= 4 is 53.3 Å². The molecule has 17 nitrogen and oxygen atoms in total. The van der Waals surface area contributed by atoms with Crippen LogP contribution in [0.5, 0.6) is 0 Å². The van der Waals surface area contributed by atoms with Crippen molar-refractivity contribution in [2.24, 2.45) is 28.9 Å². The minimum Gasteiger partial charge on any atom is -0.445 e. The summed E-state index contributed by atoms with van der Waals surface area (Å²) in [4.78, 5) is 104. The normalized spacial score (nSPS) is 15.8. The van der Waals surface area contributed by atoms with Crippen LogP contribution in [0.1, 0.15) is 99.0 Å². The molecule has 0 spiro atoms. The Kier molecular flexibility index (Phi) is 18.9. The highest BCUT2D eigenvalue weighted by Gasteiger charge is 2.44. The third-order valence-corrected chi connectivity index (χ3v) is 9.88. The van der Waals surface area contributed by atoms with E-state index in [-0.39, 0.29) is 79.2 Å². The smallest absolute Gasteiger partial charge is 0.410 e. The maximum atomic E-state index is 13.5. The zero-order valence-corrected chi connectivity index (χ0v) is 35.0. The SMILES string of the molecule is CNC(=O)C(C(C)C)N(C)C(=O)OCc1ccc(NC(=O)[C@H](CCCNC(N)=O)NC(=O)C(NC(=O)CCCCCN2C(=O)CC(C(C)(C)C)C2=O)C(C)C)cc1. The number of primary amides is 1. The molecule has 0 bridgehead atoms. The number of nitrogens with zero attached hydrogens (tertiary/aromatic N) is 2. The van der Waals surface area contributed by atoms with Gasteiger partial charge in [-0.25, -0.2) is 9.59 Å². The van der Waals surface area contributed by atoms with Crippen LogP contribution in [0.2, 0.25) is 0 Å². The largest absolute Gasteiger partial charge is 0.445 e. The zero-order chi connectivity index (χ0) is 43.0. The Morgan fingerprint density at radius 3 is 2.09 bits per heavy atom. The summed E-state index contributed by atoms with van der Waals surface area (Å²) in [6, 6.07) is 3.12. The average molecular weight is 801 g/mol. The number of ether oxygens (including phenoxy) is 1. The minimum atomic E-state index is -1.04. The van der Waals surface area contributed by atoms with Gasteiger partial charge in [-0.1, -0.05) is 67.0 Å². The van der Waals surface area contributed by atoms with Crippen LogP contribution in [0, 0.1) is 23.2 Å². The highest BCUT2D eigenvalue weighted by molar-refractivity contribution is 6.04. The molecule has 2 rings (SSSR count). The van der Waals surface area contributed by atoms with Gasteiger partial charge in [0, 0.05) is 45.7 Å². The second kappa shape index (κ2) is 22.5. The molecule has 0 radical (unpaired) electrons. The van der Waals surface area contributed by atoms with E-state index in [0.717, 1.165) is 0 Å². The Balaban J connectivity index is 1.98. The van der Waals surface area contributed by atoms with Crippen molar-refractivity contribution in [2.45, 2.75) is 118 Å². The molecule has 1 aromatic carbocycles.